The van der Waals surface area contributed by atoms with Crippen LogP contribution in [0.3, 0.4) is 0 Å². The maximum absolute atomic E-state index is 13.4. The van der Waals surface area contributed by atoms with Crippen molar-refractivity contribution in [3.05, 3.63) is 41.7 Å². The Bertz CT molecular complexity index is 1180. The molecule has 1 amide bonds. The van der Waals surface area contributed by atoms with E-state index < -0.39 is 0 Å². The highest BCUT2D eigenvalue weighted by Gasteiger charge is 2.61. The number of carbonyl (C=O) groups is 1. The molecule has 6 nitrogen and oxygen atoms in total. The number of carbonyl (C=O) groups excluding carboxylic acids is 1. The van der Waals surface area contributed by atoms with Crippen LogP contribution >= 0.6 is 0 Å². The molecule has 1 aliphatic heterocycles. The summed E-state index contributed by atoms with van der Waals surface area (Å²) in [6, 6.07) is 6.28. The van der Waals surface area contributed by atoms with Crippen molar-refractivity contribution in [3.8, 4) is 17.1 Å². The van der Waals surface area contributed by atoms with Gasteiger partial charge in [-0.3, -0.25) is 9.78 Å². The van der Waals surface area contributed by atoms with Gasteiger partial charge in [0.25, 0.3) is 5.91 Å². The normalized spacial score (nSPS) is 26.3. The second-order valence-corrected chi connectivity index (χ2v) is 9.02. The summed E-state index contributed by atoms with van der Waals surface area (Å²) in [6.45, 7) is 3.03. The number of fused-ring (bicyclic) bond motifs is 1. The Morgan fingerprint density at radius 2 is 2.13 bits per heavy atom. The van der Waals surface area contributed by atoms with Gasteiger partial charge in [-0.1, -0.05) is 6.92 Å². The van der Waals surface area contributed by atoms with Gasteiger partial charge in [0.05, 0.1) is 12.6 Å². The van der Waals surface area contributed by atoms with Crippen molar-refractivity contribution in [1.82, 2.24) is 19.4 Å². The van der Waals surface area contributed by atoms with Crippen molar-refractivity contribution in [2.24, 2.45) is 24.8 Å². The van der Waals surface area contributed by atoms with Crippen LogP contribution < -0.4 is 4.74 Å². The van der Waals surface area contributed by atoms with Crippen LogP contribution in [-0.4, -0.2) is 45.0 Å². The Balaban J connectivity index is 1.44. The molecular weight excluding hydrogens is 376 g/mol. The van der Waals surface area contributed by atoms with Crippen LogP contribution in [0.15, 0.2) is 30.6 Å². The molecule has 3 fully saturated rings. The average Bonchev–Trinajstić information content (AvgIpc) is 3.08. The third-order valence-electron chi connectivity index (χ3n) is 7.70. The SMILES string of the molecule is CCc1cnccc1-c1nc2cc(C(=O)N3C[C@H]4CC5C[C@@H]3[C@H]54)cc(OC)c2n1C. The van der Waals surface area contributed by atoms with Crippen molar-refractivity contribution in [1.29, 1.82) is 0 Å². The Kier molecular flexibility index (Phi) is 3.77. The van der Waals surface area contributed by atoms with E-state index in [4.69, 9.17) is 9.72 Å². The van der Waals surface area contributed by atoms with Gasteiger partial charge < -0.3 is 14.2 Å². The summed E-state index contributed by atoms with van der Waals surface area (Å²) in [4.78, 5) is 24.7. The molecule has 6 heteroatoms. The van der Waals surface area contributed by atoms with Crippen LogP contribution in [-0.2, 0) is 13.5 Å². The van der Waals surface area contributed by atoms with Crippen LogP contribution in [0.5, 0.6) is 5.75 Å². The molecule has 3 aromatic rings. The van der Waals surface area contributed by atoms with Crippen molar-refractivity contribution in [2.75, 3.05) is 13.7 Å². The standard InChI is InChI=1S/C24H26N4O2/c1-4-13-11-25-6-5-17(13)23-26-18-8-15(10-20(30-3)22(18)27(23)2)24(29)28-12-16-7-14-9-19(28)21(14)16/h5-6,8,10-11,14,16,19,21H,4,7,9,12H2,1-3H3/t14?,16-,19-,21-/m1/s1. The first-order valence-corrected chi connectivity index (χ1v) is 10.9. The molecule has 3 heterocycles. The Hall–Kier alpha value is -2.89. The molecule has 1 unspecified atom stereocenters. The number of methoxy groups -OCH3 is 1. The van der Waals surface area contributed by atoms with Gasteiger partial charge in [-0.25, -0.2) is 4.98 Å². The van der Waals surface area contributed by atoms with Gasteiger partial charge in [-0.05, 0) is 60.8 Å². The fourth-order valence-corrected chi connectivity index (χ4v) is 6.12. The molecular formula is C24H26N4O2. The fourth-order valence-electron chi connectivity index (χ4n) is 6.12. The monoisotopic (exact) mass is 402 g/mol. The minimum Gasteiger partial charge on any atom is -0.494 e. The number of hydrogen-bond acceptors (Lipinski definition) is 4. The topological polar surface area (TPSA) is 60.3 Å². The Labute approximate surface area is 175 Å². The van der Waals surface area contributed by atoms with Gasteiger partial charge in [0.2, 0.25) is 0 Å². The first-order valence-electron chi connectivity index (χ1n) is 10.9. The zero-order valence-corrected chi connectivity index (χ0v) is 17.6. The smallest absolute Gasteiger partial charge is 0.254 e. The van der Waals surface area contributed by atoms with Gasteiger partial charge in [0.1, 0.15) is 17.1 Å². The third kappa shape index (κ3) is 2.27. The second-order valence-electron chi connectivity index (χ2n) is 9.02. The number of amides is 1. The van der Waals surface area contributed by atoms with E-state index in [0.29, 0.717) is 17.4 Å². The van der Waals surface area contributed by atoms with Gasteiger partial charge in [-0.15, -0.1) is 0 Å². The number of pyridine rings is 1. The van der Waals surface area contributed by atoms with E-state index in [1.807, 2.05) is 31.4 Å². The van der Waals surface area contributed by atoms with Crippen molar-refractivity contribution < 1.29 is 9.53 Å². The quantitative estimate of drug-likeness (QED) is 0.668. The molecule has 0 radical (unpaired) electrons. The van der Waals surface area contributed by atoms with Crippen molar-refractivity contribution in [3.63, 3.8) is 0 Å². The molecule has 6 rings (SSSR count). The van der Waals surface area contributed by atoms with E-state index in [-0.39, 0.29) is 5.91 Å². The molecule has 1 aromatic carbocycles. The lowest BCUT2D eigenvalue weighted by Gasteiger charge is -2.52. The summed E-state index contributed by atoms with van der Waals surface area (Å²) in [5.74, 6) is 4.05. The molecule has 2 saturated carbocycles. The number of likely N-dealkylation sites (tertiary alicyclic amines) is 1. The molecule has 0 bridgehead atoms. The predicted octanol–water partition coefficient (Wildman–Crippen LogP) is 3.69. The molecule has 4 atom stereocenters. The zero-order valence-electron chi connectivity index (χ0n) is 17.6. The van der Waals surface area contributed by atoms with Gasteiger partial charge in [-0.2, -0.15) is 0 Å². The largest absolute Gasteiger partial charge is 0.494 e. The number of rotatable bonds is 4. The van der Waals surface area contributed by atoms with E-state index in [0.717, 1.165) is 58.7 Å². The summed E-state index contributed by atoms with van der Waals surface area (Å²) >= 11 is 0. The molecule has 0 spiro atoms. The van der Waals surface area contributed by atoms with E-state index >= 15 is 0 Å². The van der Waals surface area contributed by atoms with Gasteiger partial charge in [0.15, 0.2) is 0 Å². The molecule has 3 aliphatic rings. The number of ether oxygens (including phenoxy) is 1. The fraction of sp³-hybridized carbons (Fsp3) is 0.458. The number of aromatic nitrogens is 3. The van der Waals surface area contributed by atoms with Crippen LogP contribution in [0.2, 0.25) is 0 Å². The maximum atomic E-state index is 13.4. The van der Waals surface area contributed by atoms with Gasteiger partial charge >= 0.3 is 0 Å². The number of benzene rings is 1. The lowest BCUT2D eigenvalue weighted by atomic mass is 9.53. The second kappa shape index (κ2) is 6.30. The number of aryl methyl sites for hydroxylation is 2. The first kappa shape index (κ1) is 17.9. The zero-order chi connectivity index (χ0) is 20.6. The highest BCUT2D eigenvalue weighted by molar-refractivity contribution is 6.00. The summed E-state index contributed by atoms with van der Waals surface area (Å²) in [7, 11) is 3.66. The highest BCUT2D eigenvalue weighted by atomic mass is 16.5. The summed E-state index contributed by atoms with van der Waals surface area (Å²) in [5.41, 5.74) is 4.60. The van der Waals surface area contributed by atoms with Crippen LogP contribution in [0.4, 0.5) is 0 Å². The molecule has 30 heavy (non-hydrogen) atoms. The van der Waals surface area contributed by atoms with Crippen molar-refractivity contribution in [2.45, 2.75) is 32.2 Å². The molecule has 2 aliphatic carbocycles. The molecule has 2 aromatic heterocycles. The van der Waals surface area contributed by atoms with Crippen molar-refractivity contribution >= 4 is 16.9 Å². The molecule has 1 saturated heterocycles. The lowest BCUT2D eigenvalue weighted by molar-refractivity contribution is -0.0204. The molecule has 0 N–H and O–H groups in total. The number of hydrogen-bond donors (Lipinski definition) is 0. The van der Waals surface area contributed by atoms with E-state index in [9.17, 15) is 4.79 Å². The molecule has 154 valence electrons. The van der Waals surface area contributed by atoms with Gasteiger partial charge in [0, 0.05) is 43.2 Å². The minimum absolute atomic E-state index is 0.124. The highest BCUT2D eigenvalue weighted by Crippen LogP contribution is 2.60. The summed E-state index contributed by atoms with van der Waals surface area (Å²) in [5, 5.41) is 0. The van der Waals surface area contributed by atoms with E-state index in [1.54, 1.807) is 13.3 Å². The van der Waals surface area contributed by atoms with E-state index in [1.165, 1.54) is 12.8 Å². The van der Waals surface area contributed by atoms with Crippen LogP contribution in [0.25, 0.3) is 22.4 Å². The first-order chi connectivity index (χ1) is 14.6. The third-order valence-corrected chi connectivity index (χ3v) is 7.70. The summed E-state index contributed by atoms with van der Waals surface area (Å²) < 4.78 is 7.77. The Morgan fingerprint density at radius 1 is 1.27 bits per heavy atom. The van der Waals surface area contributed by atoms with Crippen LogP contribution in [0.1, 0.15) is 35.7 Å². The van der Waals surface area contributed by atoms with Crippen LogP contribution in [0, 0.1) is 17.8 Å². The lowest BCUT2D eigenvalue weighted by Crippen LogP contribution is -2.53. The average molecular weight is 402 g/mol. The predicted molar refractivity (Wildman–Crippen MR) is 114 cm³/mol. The number of imidazole rings is 1. The minimum atomic E-state index is 0.124. The summed E-state index contributed by atoms with van der Waals surface area (Å²) in [6.07, 6.45) is 7.07. The Morgan fingerprint density at radius 3 is 2.87 bits per heavy atom. The number of nitrogens with zero attached hydrogens (tertiary/aromatic N) is 4. The maximum Gasteiger partial charge on any atom is 0.254 e. The van der Waals surface area contributed by atoms with E-state index in [2.05, 4.69) is 21.4 Å².